The van der Waals surface area contributed by atoms with E-state index in [0.29, 0.717) is 18.6 Å². The fourth-order valence-corrected chi connectivity index (χ4v) is 3.77. The predicted molar refractivity (Wildman–Crippen MR) is 95.8 cm³/mol. The number of fused-ring (bicyclic) bond motifs is 1. The summed E-state index contributed by atoms with van der Waals surface area (Å²) in [7, 11) is 2.15. The van der Waals surface area contributed by atoms with Gasteiger partial charge in [-0.2, -0.15) is 0 Å². The highest BCUT2D eigenvalue weighted by atomic mass is 16.1. The molecule has 0 amide bonds. The Bertz CT molecular complexity index is 724. The molecule has 1 aromatic heterocycles. The molecule has 1 aliphatic rings. The van der Waals surface area contributed by atoms with Crippen LogP contribution in [0.5, 0.6) is 0 Å². The minimum atomic E-state index is 0.0367. The highest BCUT2D eigenvalue weighted by Crippen LogP contribution is 2.22. The van der Waals surface area contributed by atoms with Crippen molar-refractivity contribution >= 4 is 10.9 Å². The summed E-state index contributed by atoms with van der Waals surface area (Å²) in [5.74, 6) is 0. The van der Waals surface area contributed by atoms with Gasteiger partial charge >= 0.3 is 0 Å². The van der Waals surface area contributed by atoms with Crippen LogP contribution < -0.4 is 5.56 Å². The van der Waals surface area contributed by atoms with Crippen molar-refractivity contribution in [3.8, 4) is 0 Å². The number of benzene rings is 1. The number of nitrogens with zero attached hydrogens (tertiary/aromatic N) is 2. The standard InChI is InChI=1S/C19H27N3O/c1-4-22-10-9-17(11-14(22)2)21(3)13-16-12-15-7-5-6-8-18(15)20-19(16)23/h5-8,12,14,17H,4,9-11,13H2,1-3H3,(H,20,23)/t14-,17+/m0/s1. The lowest BCUT2D eigenvalue weighted by Gasteiger charge is -2.40. The summed E-state index contributed by atoms with van der Waals surface area (Å²) in [5, 5.41) is 1.10. The number of aromatic nitrogens is 1. The zero-order valence-electron chi connectivity index (χ0n) is 14.4. The molecule has 4 nitrogen and oxygen atoms in total. The monoisotopic (exact) mass is 313 g/mol. The van der Waals surface area contributed by atoms with E-state index in [-0.39, 0.29) is 5.56 Å². The second-order valence-electron chi connectivity index (χ2n) is 6.78. The van der Waals surface area contributed by atoms with Crippen molar-refractivity contribution in [1.29, 1.82) is 0 Å². The van der Waals surface area contributed by atoms with E-state index in [9.17, 15) is 4.79 Å². The van der Waals surface area contributed by atoms with Crippen molar-refractivity contribution in [3.05, 3.63) is 46.2 Å². The van der Waals surface area contributed by atoms with Gasteiger partial charge in [-0.3, -0.25) is 9.69 Å². The minimum absolute atomic E-state index is 0.0367. The minimum Gasteiger partial charge on any atom is -0.322 e. The van der Waals surface area contributed by atoms with Gasteiger partial charge in [0.25, 0.3) is 5.56 Å². The second-order valence-corrected chi connectivity index (χ2v) is 6.78. The first-order valence-corrected chi connectivity index (χ1v) is 8.63. The third-order valence-electron chi connectivity index (χ3n) is 5.27. The number of hydrogen-bond donors (Lipinski definition) is 1. The molecule has 4 heteroatoms. The average Bonchev–Trinajstić information content (AvgIpc) is 2.55. The van der Waals surface area contributed by atoms with Gasteiger partial charge in [-0.25, -0.2) is 0 Å². The second kappa shape index (κ2) is 6.85. The number of hydrogen-bond acceptors (Lipinski definition) is 3. The molecule has 1 aromatic carbocycles. The number of rotatable bonds is 4. The summed E-state index contributed by atoms with van der Waals surface area (Å²) in [4.78, 5) is 20.2. The fraction of sp³-hybridized carbons (Fsp3) is 0.526. The van der Waals surface area contributed by atoms with Gasteiger partial charge in [0.2, 0.25) is 0 Å². The van der Waals surface area contributed by atoms with E-state index in [1.54, 1.807) is 0 Å². The molecule has 2 heterocycles. The Balaban J connectivity index is 1.74. The number of para-hydroxylation sites is 1. The first-order chi connectivity index (χ1) is 11.1. The van der Waals surface area contributed by atoms with Crippen molar-refractivity contribution < 1.29 is 0 Å². The van der Waals surface area contributed by atoms with Crippen LogP contribution in [-0.2, 0) is 6.54 Å². The van der Waals surface area contributed by atoms with Gasteiger partial charge in [-0.1, -0.05) is 25.1 Å². The SMILES string of the molecule is CCN1CC[C@@H](N(C)Cc2cc3ccccc3[nH]c2=O)C[C@@H]1C. The molecule has 1 aliphatic heterocycles. The maximum Gasteiger partial charge on any atom is 0.252 e. The quantitative estimate of drug-likeness (QED) is 0.943. The van der Waals surface area contributed by atoms with E-state index in [1.807, 2.05) is 24.3 Å². The summed E-state index contributed by atoms with van der Waals surface area (Å²) >= 11 is 0. The molecule has 1 N–H and O–H groups in total. The molecule has 2 aromatic rings. The maximum atomic E-state index is 12.3. The Kier molecular flexibility index (Phi) is 4.83. The van der Waals surface area contributed by atoms with Gasteiger partial charge in [-0.15, -0.1) is 0 Å². The first-order valence-electron chi connectivity index (χ1n) is 8.63. The van der Waals surface area contributed by atoms with Crippen LogP contribution >= 0.6 is 0 Å². The van der Waals surface area contributed by atoms with Crippen LogP contribution in [0.3, 0.4) is 0 Å². The molecule has 0 saturated carbocycles. The van der Waals surface area contributed by atoms with Crippen LogP contribution in [0.4, 0.5) is 0 Å². The number of aromatic amines is 1. The lowest BCUT2D eigenvalue weighted by atomic mass is 9.97. The van der Waals surface area contributed by atoms with Gasteiger partial charge in [0, 0.05) is 29.7 Å². The molecule has 3 rings (SSSR count). The molecule has 0 bridgehead atoms. The number of H-pyrrole nitrogens is 1. The van der Waals surface area contributed by atoms with Crippen molar-refractivity contribution in [2.24, 2.45) is 0 Å². The van der Waals surface area contributed by atoms with Crippen molar-refractivity contribution in [1.82, 2.24) is 14.8 Å². The smallest absolute Gasteiger partial charge is 0.252 e. The lowest BCUT2D eigenvalue weighted by Crippen LogP contribution is -2.47. The molecule has 1 fully saturated rings. The zero-order valence-corrected chi connectivity index (χ0v) is 14.4. The topological polar surface area (TPSA) is 39.3 Å². The molecular weight excluding hydrogens is 286 g/mol. The van der Waals surface area contributed by atoms with E-state index in [0.717, 1.165) is 29.6 Å². The van der Waals surface area contributed by atoms with Crippen LogP contribution in [-0.4, -0.2) is 47.0 Å². The highest BCUT2D eigenvalue weighted by molar-refractivity contribution is 5.78. The van der Waals surface area contributed by atoms with E-state index in [1.165, 1.54) is 12.8 Å². The third kappa shape index (κ3) is 3.48. The number of nitrogens with one attached hydrogen (secondary N) is 1. The number of pyridine rings is 1. The normalized spacial score (nSPS) is 22.8. The van der Waals surface area contributed by atoms with E-state index in [2.05, 4.69) is 41.7 Å². The van der Waals surface area contributed by atoms with Crippen LogP contribution in [0.25, 0.3) is 10.9 Å². The molecule has 0 unspecified atom stereocenters. The predicted octanol–water partition coefficient (Wildman–Crippen LogP) is 2.83. The molecule has 0 spiro atoms. The molecular formula is C19H27N3O. The van der Waals surface area contributed by atoms with Crippen molar-refractivity contribution in [2.45, 2.75) is 45.3 Å². The van der Waals surface area contributed by atoms with E-state index < -0.39 is 0 Å². The van der Waals surface area contributed by atoms with Gasteiger partial charge in [0.1, 0.15) is 0 Å². The summed E-state index contributed by atoms with van der Waals surface area (Å²) in [6.07, 6.45) is 2.36. The Labute approximate surface area is 138 Å². The van der Waals surface area contributed by atoms with E-state index in [4.69, 9.17) is 0 Å². The number of likely N-dealkylation sites (tertiary alicyclic amines) is 1. The van der Waals surface area contributed by atoms with Gasteiger partial charge < -0.3 is 9.88 Å². The van der Waals surface area contributed by atoms with Crippen LogP contribution in [0.2, 0.25) is 0 Å². The van der Waals surface area contributed by atoms with Gasteiger partial charge in [0.05, 0.1) is 0 Å². The average molecular weight is 313 g/mol. The Morgan fingerprint density at radius 2 is 2.13 bits per heavy atom. The third-order valence-corrected chi connectivity index (χ3v) is 5.27. The fourth-order valence-electron chi connectivity index (χ4n) is 3.77. The van der Waals surface area contributed by atoms with Gasteiger partial charge in [0.15, 0.2) is 0 Å². The maximum absolute atomic E-state index is 12.3. The van der Waals surface area contributed by atoms with Crippen molar-refractivity contribution in [2.75, 3.05) is 20.1 Å². The highest BCUT2D eigenvalue weighted by Gasteiger charge is 2.27. The largest absolute Gasteiger partial charge is 0.322 e. The molecule has 0 aliphatic carbocycles. The Morgan fingerprint density at radius 3 is 2.87 bits per heavy atom. The summed E-state index contributed by atoms with van der Waals surface area (Å²) < 4.78 is 0. The lowest BCUT2D eigenvalue weighted by molar-refractivity contribution is 0.0861. The van der Waals surface area contributed by atoms with Crippen LogP contribution in [0, 0.1) is 0 Å². The van der Waals surface area contributed by atoms with E-state index >= 15 is 0 Å². The Hall–Kier alpha value is -1.65. The Morgan fingerprint density at radius 1 is 1.35 bits per heavy atom. The summed E-state index contributed by atoms with van der Waals surface area (Å²) in [6, 6.07) is 11.2. The van der Waals surface area contributed by atoms with Crippen LogP contribution in [0.15, 0.2) is 35.1 Å². The zero-order chi connectivity index (χ0) is 16.4. The molecule has 23 heavy (non-hydrogen) atoms. The molecule has 1 saturated heterocycles. The number of piperidine rings is 1. The van der Waals surface area contributed by atoms with Crippen molar-refractivity contribution in [3.63, 3.8) is 0 Å². The molecule has 2 atom stereocenters. The summed E-state index contributed by atoms with van der Waals surface area (Å²) in [6.45, 7) is 7.54. The first kappa shape index (κ1) is 16.2. The molecule has 0 radical (unpaired) electrons. The van der Waals surface area contributed by atoms with Crippen LogP contribution in [0.1, 0.15) is 32.3 Å². The summed E-state index contributed by atoms with van der Waals surface area (Å²) in [5.41, 5.74) is 1.81. The van der Waals surface area contributed by atoms with Gasteiger partial charge in [-0.05, 0) is 57.4 Å². The molecule has 124 valence electrons.